The number of carbonyl (C=O) groups is 2. The van der Waals surface area contributed by atoms with Crippen LogP contribution in [-0.4, -0.2) is 16.9 Å². The fourth-order valence-corrected chi connectivity index (χ4v) is 9.79. The van der Waals surface area contributed by atoms with Crippen molar-refractivity contribution in [3.05, 3.63) is 138 Å². The fourth-order valence-electron chi connectivity index (χ4n) is 4.91. The first-order valence-corrected chi connectivity index (χ1v) is 13.1. The van der Waals surface area contributed by atoms with Gasteiger partial charge in [-0.15, -0.1) is 0 Å². The number of hydrogen-bond acceptors (Lipinski definition) is 3. The van der Waals surface area contributed by atoms with Crippen molar-refractivity contribution >= 4 is 39.7 Å². The van der Waals surface area contributed by atoms with Crippen molar-refractivity contribution in [3.8, 4) is 6.07 Å². The molecule has 4 aromatic carbocycles. The Kier molecular flexibility index (Phi) is 5.91. The van der Waals surface area contributed by atoms with Gasteiger partial charge in [0.15, 0.2) is 11.6 Å². The van der Waals surface area contributed by atoms with E-state index in [-0.39, 0.29) is 17.1 Å². The highest BCUT2D eigenvalue weighted by Gasteiger charge is 2.45. The zero-order chi connectivity index (χ0) is 24.4. The number of nitrogens with zero attached hydrogens (tertiary/aromatic N) is 1. The van der Waals surface area contributed by atoms with E-state index >= 15 is 0 Å². The number of nitriles is 1. The molecule has 1 aliphatic rings. The highest BCUT2D eigenvalue weighted by Crippen LogP contribution is 2.65. The van der Waals surface area contributed by atoms with Crippen molar-refractivity contribution in [3.63, 3.8) is 0 Å². The predicted molar refractivity (Wildman–Crippen MR) is 143 cm³/mol. The van der Waals surface area contributed by atoms with Gasteiger partial charge in [-0.05, 0) is 47.7 Å². The number of allylic oxidation sites excluding steroid dienone is 1. The molecule has 1 aliphatic heterocycles. The van der Waals surface area contributed by atoms with Gasteiger partial charge in [0, 0.05) is 10.6 Å². The highest BCUT2D eigenvalue weighted by atomic mass is 31.2. The van der Waals surface area contributed by atoms with Gasteiger partial charge in [-0.25, -0.2) is 0 Å². The summed E-state index contributed by atoms with van der Waals surface area (Å²) >= 11 is 0. The number of rotatable bonds is 5. The molecule has 0 fully saturated rings. The molecule has 0 amide bonds. The third-order valence-electron chi connectivity index (χ3n) is 6.32. The Hall–Kier alpha value is -4.25. The van der Waals surface area contributed by atoms with Crippen LogP contribution in [0.15, 0.2) is 121 Å². The lowest BCUT2D eigenvalue weighted by molar-refractivity contribution is -0.117. The van der Waals surface area contributed by atoms with Crippen LogP contribution >= 0.6 is 6.89 Å². The van der Waals surface area contributed by atoms with E-state index in [0.29, 0.717) is 10.9 Å². The molecule has 5 rings (SSSR count). The van der Waals surface area contributed by atoms with Crippen LogP contribution in [0.3, 0.4) is 0 Å². The average molecular weight is 471 g/mol. The quantitative estimate of drug-likeness (QED) is 0.292. The predicted octanol–water partition coefficient (Wildman–Crippen LogP) is 5.33. The molecule has 0 unspecified atom stereocenters. The van der Waals surface area contributed by atoms with E-state index < -0.39 is 6.89 Å². The minimum Gasteiger partial charge on any atom is -0.294 e. The maximum absolute atomic E-state index is 14.3. The first-order valence-electron chi connectivity index (χ1n) is 11.3. The van der Waals surface area contributed by atoms with Crippen LogP contribution in [0.25, 0.3) is 5.31 Å². The second kappa shape index (κ2) is 9.18. The Morgan fingerprint density at radius 2 is 1.17 bits per heavy atom. The van der Waals surface area contributed by atoms with E-state index in [2.05, 4.69) is 30.3 Å². The summed E-state index contributed by atoms with van der Waals surface area (Å²) in [6, 6.07) is 39.1. The zero-order valence-corrected chi connectivity index (χ0v) is 20.1. The van der Waals surface area contributed by atoms with Gasteiger partial charge in [-0.3, -0.25) is 9.59 Å². The van der Waals surface area contributed by atoms with Crippen molar-refractivity contribution in [2.45, 2.75) is 6.92 Å². The Morgan fingerprint density at radius 1 is 0.686 bits per heavy atom. The Bertz CT molecular complexity index is 1520. The van der Waals surface area contributed by atoms with Crippen LogP contribution in [0.5, 0.6) is 0 Å². The molecule has 3 nitrogen and oxygen atoms in total. The number of Topliss-reactive ketones (excluding diaryl/α,β-unsaturated/α-hetero) is 2. The van der Waals surface area contributed by atoms with E-state index in [1.54, 1.807) is 12.1 Å². The normalized spacial score (nSPS) is 14.6. The summed E-state index contributed by atoms with van der Waals surface area (Å²) < 4.78 is 0. The van der Waals surface area contributed by atoms with Gasteiger partial charge in [0.2, 0.25) is 0 Å². The second-order valence-electron chi connectivity index (χ2n) is 8.35. The van der Waals surface area contributed by atoms with Gasteiger partial charge >= 0.3 is 0 Å². The molecule has 4 heteroatoms. The first-order chi connectivity index (χ1) is 17.1. The topological polar surface area (TPSA) is 57.9 Å². The SMILES string of the molecule is CC(=O)C1=C(c2ccc(C#N)cc2)P(c2ccccc2)(c2ccccc2)=C(c2ccccc2)C1=O. The third kappa shape index (κ3) is 3.60. The molecular weight excluding hydrogens is 449 g/mol. The molecule has 0 saturated heterocycles. The molecule has 0 radical (unpaired) electrons. The standard InChI is InChI=1S/C31H22NO2P/c1-22(33)28-29(34)31(24-11-5-2-6-12-24)35(26-13-7-3-8-14-26,27-15-9-4-10-16-27)30(28)25-19-17-23(21-32)18-20-25/h2-20H,1H3. The highest BCUT2D eigenvalue weighted by molar-refractivity contribution is 7.99. The van der Waals surface area contributed by atoms with E-state index in [9.17, 15) is 14.9 Å². The van der Waals surface area contributed by atoms with Crippen LogP contribution < -0.4 is 10.6 Å². The average Bonchev–Trinajstić information content (AvgIpc) is 3.20. The minimum absolute atomic E-state index is 0.218. The number of carbonyl (C=O) groups excluding carboxylic acids is 2. The van der Waals surface area contributed by atoms with Crippen molar-refractivity contribution in [2.75, 3.05) is 0 Å². The van der Waals surface area contributed by atoms with Gasteiger partial charge in [-0.2, -0.15) is 5.26 Å². The van der Waals surface area contributed by atoms with Crippen molar-refractivity contribution in [1.29, 1.82) is 5.26 Å². The smallest absolute Gasteiger partial charge is 0.198 e. The molecule has 0 atom stereocenters. The monoisotopic (exact) mass is 471 g/mol. The molecular formula is C31H22NO2P. The molecule has 0 bridgehead atoms. The molecule has 168 valence electrons. The van der Waals surface area contributed by atoms with Crippen LogP contribution in [0.1, 0.15) is 23.6 Å². The summed E-state index contributed by atoms with van der Waals surface area (Å²) in [4.78, 5) is 27.4. The largest absolute Gasteiger partial charge is 0.294 e. The van der Waals surface area contributed by atoms with Crippen LogP contribution in [0.4, 0.5) is 0 Å². The zero-order valence-electron chi connectivity index (χ0n) is 19.2. The van der Waals surface area contributed by atoms with Crippen LogP contribution in [0, 0.1) is 11.3 Å². The van der Waals surface area contributed by atoms with Crippen molar-refractivity contribution < 1.29 is 9.59 Å². The van der Waals surface area contributed by atoms with Gasteiger partial charge in [0.25, 0.3) is 0 Å². The summed E-state index contributed by atoms with van der Waals surface area (Å²) in [7, 11) is 0. The lowest BCUT2D eigenvalue weighted by Crippen LogP contribution is -2.24. The van der Waals surface area contributed by atoms with E-state index in [0.717, 1.165) is 27.1 Å². The maximum Gasteiger partial charge on any atom is 0.198 e. The van der Waals surface area contributed by atoms with Gasteiger partial charge in [-0.1, -0.05) is 103 Å². The lowest BCUT2D eigenvalue weighted by atomic mass is 9.98. The lowest BCUT2D eigenvalue weighted by Gasteiger charge is -2.31. The molecule has 4 aromatic rings. The molecule has 0 spiro atoms. The second-order valence-corrected chi connectivity index (χ2v) is 11.6. The molecule has 35 heavy (non-hydrogen) atoms. The van der Waals surface area contributed by atoms with E-state index in [4.69, 9.17) is 0 Å². The molecule has 1 heterocycles. The van der Waals surface area contributed by atoms with E-state index in [1.807, 2.05) is 78.9 Å². The van der Waals surface area contributed by atoms with E-state index in [1.165, 1.54) is 6.92 Å². The molecule has 0 aromatic heterocycles. The summed E-state index contributed by atoms with van der Waals surface area (Å²) in [6.07, 6.45) is 0. The number of ketones is 2. The van der Waals surface area contributed by atoms with Crippen molar-refractivity contribution in [2.24, 2.45) is 0 Å². The number of hydrogen-bond donors (Lipinski definition) is 0. The van der Waals surface area contributed by atoms with Gasteiger partial charge in [0.05, 0.1) is 17.2 Å². The minimum atomic E-state index is -2.76. The summed E-state index contributed by atoms with van der Waals surface area (Å²) in [5.41, 5.74) is 2.36. The van der Waals surface area contributed by atoms with Crippen LogP contribution in [-0.2, 0) is 9.59 Å². The molecule has 0 saturated carbocycles. The van der Waals surface area contributed by atoms with Gasteiger partial charge in [0.1, 0.15) is 0 Å². The summed E-state index contributed by atoms with van der Waals surface area (Å²) in [6.45, 7) is -1.29. The maximum atomic E-state index is 14.3. The number of benzene rings is 4. The fraction of sp³-hybridized carbons (Fsp3) is 0.0323. The Labute approximate surface area is 205 Å². The van der Waals surface area contributed by atoms with Gasteiger partial charge < -0.3 is 0 Å². The summed E-state index contributed by atoms with van der Waals surface area (Å²) in [5, 5.41) is 12.8. The molecule has 0 aliphatic carbocycles. The van der Waals surface area contributed by atoms with Crippen molar-refractivity contribution in [1.82, 2.24) is 0 Å². The molecule has 0 N–H and O–H groups in total. The van der Waals surface area contributed by atoms with Crippen LogP contribution in [0.2, 0.25) is 0 Å². The first kappa shape index (κ1) is 22.5. The summed E-state index contributed by atoms with van der Waals surface area (Å²) in [5.74, 6) is -0.472. The Morgan fingerprint density at radius 3 is 1.63 bits per heavy atom. The Balaban J connectivity index is 2.05. The third-order valence-corrected chi connectivity index (χ3v) is 10.8.